The Morgan fingerprint density at radius 2 is 2.00 bits per heavy atom. The molecule has 1 heterocycles. The molecule has 132 valence electrons. The van der Waals surface area contributed by atoms with Gasteiger partial charge in [0.15, 0.2) is 0 Å². The van der Waals surface area contributed by atoms with Crippen LogP contribution in [-0.4, -0.2) is 65.3 Å². The molecular weight excluding hydrogens is 310 g/mol. The summed E-state index contributed by atoms with van der Waals surface area (Å²) in [5, 5.41) is 23.4. The lowest BCUT2D eigenvalue weighted by Crippen LogP contribution is -2.56. The summed E-state index contributed by atoms with van der Waals surface area (Å²) in [6.07, 6.45) is -0.00576. The summed E-state index contributed by atoms with van der Waals surface area (Å²) in [7, 11) is 0. The minimum absolute atomic E-state index is 0.00576. The van der Waals surface area contributed by atoms with Crippen molar-refractivity contribution in [2.45, 2.75) is 32.0 Å². The number of hydrogen-bond acceptors (Lipinski definition) is 5. The first kappa shape index (κ1) is 18.4. The molecule has 1 aromatic rings. The van der Waals surface area contributed by atoms with Gasteiger partial charge < -0.3 is 20.8 Å². The second-order valence-corrected chi connectivity index (χ2v) is 6.10. The van der Waals surface area contributed by atoms with E-state index >= 15 is 0 Å². The van der Waals surface area contributed by atoms with Gasteiger partial charge in [0, 0.05) is 19.6 Å². The van der Waals surface area contributed by atoms with Crippen molar-refractivity contribution in [3.05, 3.63) is 35.4 Å². The molecule has 7 nitrogen and oxygen atoms in total. The van der Waals surface area contributed by atoms with Crippen LogP contribution in [0.4, 0.5) is 0 Å². The molecular formula is C17H25N3O4. The minimum Gasteiger partial charge on any atom is -0.394 e. The first-order chi connectivity index (χ1) is 11.5. The highest BCUT2D eigenvalue weighted by atomic mass is 16.3. The number of aryl methyl sites for hydroxylation is 1. The molecule has 24 heavy (non-hydrogen) atoms. The highest BCUT2D eigenvalue weighted by Gasteiger charge is 2.31. The predicted octanol–water partition coefficient (Wildman–Crippen LogP) is -0.845. The molecule has 0 radical (unpaired) electrons. The maximum Gasteiger partial charge on any atom is 0.237 e. The predicted molar refractivity (Wildman–Crippen MR) is 89.1 cm³/mol. The normalized spacial score (nSPS) is 18.5. The van der Waals surface area contributed by atoms with E-state index in [0.29, 0.717) is 19.6 Å². The number of nitrogens with zero attached hydrogens (tertiary/aromatic N) is 1. The van der Waals surface area contributed by atoms with Crippen LogP contribution < -0.4 is 10.6 Å². The van der Waals surface area contributed by atoms with Crippen LogP contribution in [0.5, 0.6) is 0 Å². The van der Waals surface area contributed by atoms with E-state index in [0.717, 1.165) is 5.56 Å². The van der Waals surface area contributed by atoms with Gasteiger partial charge in [0.25, 0.3) is 0 Å². The smallest absolute Gasteiger partial charge is 0.237 e. The van der Waals surface area contributed by atoms with E-state index in [-0.39, 0.29) is 31.4 Å². The minimum atomic E-state index is -0.699. The lowest BCUT2D eigenvalue weighted by Gasteiger charge is -2.35. The molecule has 0 bridgehead atoms. The van der Waals surface area contributed by atoms with E-state index in [9.17, 15) is 9.59 Å². The third-order valence-electron chi connectivity index (χ3n) is 4.13. The largest absolute Gasteiger partial charge is 0.394 e. The number of hydrogen-bond donors (Lipinski definition) is 4. The van der Waals surface area contributed by atoms with E-state index in [1.165, 1.54) is 5.56 Å². The van der Waals surface area contributed by atoms with Crippen molar-refractivity contribution in [1.29, 1.82) is 0 Å². The zero-order chi connectivity index (χ0) is 17.5. The summed E-state index contributed by atoms with van der Waals surface area (Å²) in [5.41, 5.74) is 2.26. The van der Waals surface area contributed by atoms with Crippen molar-refractivity contribution in [2.75, 3.05) is 26.3 Å². The molecule has 2 rings (SSSR count). The van der Waals surface area contributed by atoms with Crippen LogP contribution in [0.3, 0.4) is 0 Å². The third kappa shape index (κ3) is 5.02. The van der Waals surface area contributed by atoms with Gasteiger partial charge in [0.05, 0.1) is 31.7 Å². The molecule has 0 saturated carbocycles. The average molecular weight is 335 g/mol. The Morgan fingerprint density at radius 1 is 1.33 bits per heavy atom. The number of carbonyl (C=O) groups excluding carboxylic acids is 2. The van der Waals surface area contributed by atoms with Crippen molar-refractivity contribution >= 4 is 11.8 Å². The van der Waals surface area contributed by atoms with Gasteiger partial charge in [-0.15, -0.1) is 0 Å². The molecule has 1 fully saturated rings. The van der Waals surface area contributed by atoms with Crippen LogP contribution in [0.15, 0.2) is 24.3 Å². The molecule has 4 N–H and O–H groups in total. The molecule has 0 unspecified atom stereocenters. The summed E-state index contributed by atoms with van der Waals surface area (Å²) in [6, 6.07) is 6.83. The Bertz CT molecular complexity index is 557. The van der Waals surface area contributed by atoms with E-state index in [1.807, 2.05) is 36.1 Å². The highest BCUT2D eigenvalue weighted by Crippen LogP contribution is 2.14. The van der Waals surface area contributed by atoms with Gasteiger partial charge in [-0.2, -0.15) is 0 Å². The maximum atomic E-state index is 12.2. The third-order valence-corrected chi connectivity index (χ3v) is 4.13. The Labute approximate surface area is 141 Å². The highest BCUT2D eigenvalue weighted by molar-refractivity contribution is 5.88. The molecule has 0 spiro atoms. The Hall–Kier alpha value is -1.96. The molecule has 1 saturated heterocycles. The van der Waals surface area contributed by atoms with Gasteiger partial charge in [-0.1, -0.05) is 29.8 Å². The lowest BCUT2D eigenvalue weighted by molar-refractivity contribution is -0.134. The van der Waals surface area contributed by atoms with Crippen LogP contribution in [0.25, 0.3) is 0 Å². The first-order valence-corrected chi connectivity index (χ1v) is 8.12. The molecule has 1 atom stereocenters. The second-order valence-electron chi connectivity index (χ2n) is 6.10. The van der Waals surface area contributed by atoms with Crippen LogP contribution in [0.2, 0.25) is 0 Å². The summed E-state index contributed by atoms with van der Waals surface area (Å²) < 4.78 is 0. The molecule has 1 aliphatic rings. The Kier molecular flexibility index (Phi) is 6.72. The van der Waals surface area contributed by atoms with Crippen LogP contribution in [-0.2, 0) is 16.1 Å². The number of carbonyl (C=O) groups is 2. The summed E-state index contributed by atoms with van der Waals surface area (Å²) in [5.74, 6) is -0.535. The van der Waals surface area contributed by atoms with Crippen LogP contribution >= 0.6 is 0 Å². The zero-order valence-corrected chi connectivity index (χ0v) is 13.9. The number of rotatable bonds is 7. The fraction of sp³-hybridized carbons (Fsp3) is 0.529. The van der Waals surface area contributed by atoms with Gasteiger partial charge in [-0.3, -0.25) is 14.5 Å². The quantitative estimate of drug-likeness (QED) is 0.520. The van der Waals surface area contributed by atoms with Gasteiger partial charge in [0.1, 0.15) is 0 Å². The summed E-state index contributed by atoms with van der Waals surface area (Å²) >= 11 is 0. The topological polar surface area (TPSA) is 102 Å². The number of aliphatic hydroxyl groups is 2. The van der Waals surface area contributed by atoms with E-state index in [2.05, 4.69) is 10.6 Å². The monoisotopic (exact) mass is 335 g/mol. The number of amides is 2. The van der Waals surface area contributed by atoms with Crippen LogP contribution in [0.1, 0.15) is 17.5 Å². The number of benzene rings is 1. The number of aliphatic hydroxyl groups excluding tert-OH is 2. The molecule has 1 aliphatic heterocycles. The zero-order valence-electron chi connectivity index (χ0n) is 13.9. The van der Waals surface area contributed by atoms with Crippen molar-refractivity contribution < 1.29 is 19.8 Å². The van der Waals surface area contributed by atoms with Gasteiger partial charge in [0.2, 0.25) is 11.8 Å². The molecule has 1 aromatic carbocycles. The molecule has 2 amide bonds. The van der Waals surface area contributed by atoms with Crippen molar-refractivity contribution in [3.63, 3.8) is 0 Å². The molecule has 0 aromatic heterocycles. The van der Waals surface area contributed by atoms with Crippen molar-refractivity contribution in [2.24, 2.45) is 0 Å². The lowest BCUT2D eigenvalue weighted by atomic mass is 10.1. The summed E-state index contributed by atoms with van der Waals surface area (Å²) in [6.45, 7) is 3.15. The van der Waals surface area contributed by atoms with Crippen LogP contribution in [0, 0.1) is 6.92 Å². The van der Waals surface area contributed by atoms with Crippen molar-refractivity contribution in [3.8, 4) is 0 Å². The van der Waals surface area contributed by atoms with Gasteiger partial charge in [-0.05, 0) is 12.5 Å². The number of piperazine rings is 1. The summed E-state index contributed by atoms with van der Waals surface area (Å²) in [4.78, 5) is 26.2. The Balaban J connectivity index is 2.01. The standard InChI is InChI=1S/C17H25N3O4/c1-12-2-4-13(5-3-12)9-20-7-6-18-17(24)15(20)8-16(23)19-14(10-21)11-22/h2-5,14-15,21-22H,6-11H2,1H3,(H,18,24)(H,19,23)/t15-/m0/s1. The second kappa shape index (κ2) is 8.77. The van der Waals surface area contributed by atoms with E-state index < -0.39 is 12.1 Å². The Morgan fingerprint density at radius 3 is 2.62 bits per heavy atom. The van der Waals surface area contributed by atoms with E-state index in [4.69, 9.17) is 10.2 Å². The maximum absolute atomic E-state index is 12.2. The fourth-order valence-corrected chi connectivity index (χ4v) is 2.71. The average Bonchev–Trinajstić information content (AvgIpc) is 2.58. The van der Waals surface area contributed by atoms with Gasteiger partial charge in [-0.25, -0.2) is 0 Å². The molecule has 0 aliphatic carbocycles. The SMILES string of the molecule is Cc1ccc(CN2CCNC(=O)[C@@H]2CC(=O)NC(CO)CO)cc1. The fourth-order valence-electron chi connectivity index (χ4n) is 2.71. The van der Waals surface area contributed by atoms with E-state index in [1.54, 1.807) is 0 Å². The van der Waals surface area contributed by atoms with Crippen molar-refractivity contribution in [1.82, 2.24) is 15.5 Å². The van der Waals surface area contributed by atoms with Gasteiger partial charge >= 0.3 is 0 Å². The number of nitrogens with one attached hydrogen (secondary N) is 2. The first-order valence-electron chi connectivity index (χ1n) is 8.12. The molecule has 7 heteroatoms.